The summed E-state index contributed by atoms with van der Waals surface area (Å²) in [6.45, 7) is 6.19. The van der Waals surface area contributed by atoms with E-state index in [1.165, 1.54) is 12.8 Å². The largest absolute Gasteiger partial charge is 0.480 e. The first kappa shape index (κ1) is 25.4. The molecule has 0 aromatic heterocycles. The van der Waals surface area contributed by atoms with Crippen LogP contribution in [0.2, 0.25) is 0 Å². The summed E-state index contributed by atoms with van der Waals surface area (Å²) in [5.74, 6) is -1.50. The normalized spacial score (nSPS) is 36.4. The average Bonchev–Trinajstić information content (AvgIpc) is 2.76. The molecule has 8 heteroatoms. The van der Waals surface area contributed by atoms with Gasteiger partial charge < -0.3 is 20.8 Å². The molecular formula is C24H44N4O4. The summed E-state index contributed by atoms with van der Waals surface area (Å²) >= 11 is 0. The van der Waals surface area contributed by atoms with Crippen molar-refractivity contribution < 1.29 is 19.8 Å². The fourth-order valence-electron chi connectivity index (χ4n) is 6.29. The van der Waals surface area contributed by atoms with Crippen LogP contribution in [-0.2, 0) is 9.59 Å². The third kappa shape index (κ3) is 6.89. The van der Waals surface area contributed by atoms with E-state index in [-0.39, 0.29) is 37.3 Å². The molecule has 0 bridgehead atoms. The van der Waals surface area contributed by atoms with Crippen molar-refractivity contribution in [2.75, 3.05) is 26.2 Å². The lowest BCUT2D eigenvalue weighted by molar-refractivity contribution is -0.141. The average molecular weight is 453 g/mol. The van der Waals surface area contributed by atoms with E-state index in [1.54, 1.807) is 0 Å². The third-order valence-corrected chi connectivity index (χ3v) is 8.02. The number of rotatable bonds is 4. The summed E-state index contributed by atoms with van der Waals surface area (Å²) in [6, 6.07) is 1.44. The van der Waals surface area contributed by atoms with E-state index in [1.807, 2.05) is 0 Å². The van der Waals surface area contributed by atoms with E-state index in [4.69, 9.17) is 0 Å². The summed E-state index contributed by atoms with van der Waals surface area (Å²) in [4.78, 5) is 27.8. The lowest BCUT2D eigenvalue weighted by Gasteiger charge is -2.45. The molecule has 2 saturated carbocycles. The van der Waals surface area contributed by atoms with Gasteiger partial charge in [-0.1, -0.05) is 25.7 Å². The van der Waals surface area contributed by atoms with E-state index in [9.17, 15) is 19.8 Å². The molecule has 1 aliphatic heterocycles. The van der Waals surface area contributed by atoms with Crippen molar-refractivity contribution in [2.24, 2.45) is 0 Å². The Balaban J connectivity index is 1.80. The van der Waals surface area contributed by atoms with Gasteiger partial charge in [0.15, 0.2) is 0 Å². The Bertz CT molecular complexity index is 567. The van der Waals surface area contributed by atoms with Gasteiger partial charge in [0.25, 0.3) is 0 Å². The minimum absolute atomic E-state index is 0.0961. The predicted molar refractivity (Wildman–Crippen MR) is 125 cm³/mol. The molecule has 6 atom stereocenters. The first-order valence-corrected chi connectivity index (χ1v) is 12.8. The minimum atomic E-state index is -0.750. The van der Waals surface area contributed by atoms with Gasteiger partial charge in [-0.05, 0) is 65.5 Å². The van der Waals surface area contributed by atoms with E-state index in [2.05, 4.69) is 34.3 Å². The van der Waals surface area contributed by atoms with E-state index in [0.717, 1.165) is 64.5 Å². The van der Waals surface area contributed by atoms with Crippen LogP contribution in [-0.4, -0.2) is 94.4 Å². The molecule has 32 heavy (non-hydrogen) atoms. The quantitative estimate of drug-likeness (QED) is 0.514. The molecule has 0 aromatic rings. The van der Waals surface area contributed by atoms with Crippen LogP contribution in [0.25, 0.3) is 0 Å². The molecule has 0 radical (unpaired) electrons. The monoisotopic (exact) mass is 452 g/mol. The van der Waals surface area contributed by atoms with E-state index >= 15 is 0 Å². The smallest absolute Gasteiger partial charge is 0.317 e. The van der Waals surface area contributed by atoms with Gasteiger partial charge in [0.2, 0.25) is 0 Å². The maximum absolute atomic E-state index is 11.7. The first-order chi connectivity index (χ1) is 15.4. The van der Waals surface area contributed by atoms with Gasteiger partial charge in [-0.2, -0.15) is 0 Å². The zero-order chi connectivity index (χ0) is 23.1. The van der Waals surface area contributed by atoms with Gasteiger partial charge >= 0.3 is 11.9 Å². The number of nitrogens with one attached hydrogen (secondary N) is 2. The summed E-state index contributed by atoms with van der Waals surface area (Å²) in [5, 5.41) is 26.7. The zero-order valence-electron chi connectivity index (χ0n) is 20.0. The third-order valence-electron chi connectivity index (χ3n) is 8.02. The van der Waals surface area contributed by atoms with Crippen LogP contribution < -0.4 is 10.6 Å². The van der Waals surface area contributed by atoms with Crippen molar-refractivity contribution in [3.8, 4) is 0 Å². The number of carbonyl (C=O) groups is 2. The number of hydrogen-bond acceptors (Lipinski definition) is 6. The highest BCUT2D eigenvalue weighted by atomic mass is 16.4. The standard InChI is InChI=1S/C24H44N4O4/c1-17-11-13-25-20-8-4-6-10-22(20)28(16-24(31)32)18(2)12-14-26-19-7-3-5-9-21(19)27(17)15-23(29)30/h17-22,25-26H,3-16H2,1-2H3,(H,29,30)(H,31,32). The minimum Gasteiger partial charge on any atom is -0.480 e. The molecular weight excluding hydrogens is 408 g/mol. The molecule has 3 fully saturated rings. The lowest BCUT2D eigenvalue weighted by Crippen LogP contribution is -2.59. The second-order valence-corrected chi connectivity index (χ2v) is 10.2. The number of fused-ring (bicyclic) bond motifs is 2. The molecule has 1 saturated heterocycles. The fourth-order valence-corrected chi connectivity index (χ4v) is 6.29. The van der Waals surface area contributed by atoms with Crippen LogP contribution in [0.3, 0.4) is 0 Å². The molecule has 4 N–H and O–H groups in total. The molecule has 184 valence electrons. The Hall–Kier alpha value is -1.22. The van der Waals surface area contributed by atoms with Crippen molar-refractivity contribution in [2.45, 2.75) is 114 Å². The summed E-state index contributed by atoms with van der Waals surface area (Å²) in [5.41, 5.74) is 0. The molecule has 6 unspecified atom stereocenters. The zero-order valence-corrected chi connectivity index (χ0v) is 20.0. The Kier molecular flexibility index (Phi) is 9.77. The highest BCUT2D eigenvalue weighted by Gasteiger charge is 2.36. The van der Waals surface area contributed by atoms with Gasteiger partial charge in [-0.25, -0.2) is 0 Å². The van der Waals surface area contributed by atoms with E-state index < -0.39 is 11.9 Å². The maximum atomic E-state index is 11.7. The van der Waals surface area contributed by atoms with E-state index in [0.29, 0.717) is 12.1 Å². The molecule has 0 spiro atoms. The molecule has 8 nitrogen and oxygen atoms in total. The summed E-state index contributed by atoms with van der Waals surface area (Å²) < 4.78 is 0. The SMILES string of the molecule is CC1CCNC2CCCCC2N(CC(=O)O)C(C)CCNC2CCCCC2N1CC(=O)O. The number of hydrogen-bond donors (Lipinski definition) is 4. The molecule has 0 amide bonds. The Labute approximate surface area is 193 Å². The van der Waals surface area contributed by atoms with Gasteiger partial charge in [0, 0.05) is 36.3 Å². The maximum Gasteiger partial charge on any atom is 0.317 e. The van der Waals surface area contributed by atoms with Gasteiger partial charge in [0.05, 0.1) is 13.1 Å². The van der Waals surface area contributed by atoms with Crippen molar-refractivity contribution in [3.63, 3.8) is 0 Å². The number of aliphatic carboxylic acids is 2. The van der Waals surface area contributed by atoms with Crippen molar-refractivity contribution >= 4 is 11.9 Å². The molecule has 3 aliphatic rings. The molecule has 3 rings (SSSR count). The predicted octanol–water partition coefficient (Wildman–Crippen LogP) is 2.13. The topological polar surface area (TPSA) is 105 Å². The molecule has 2 aliphatic carbocycles. The van der Waals surface area contributed by atoms with Crippen LogP contribution in [0, 0.1) is 0 Å². The Morgan fingerprint density at radius 1 is 0.688 bits per heavy atom. The number of carboxylic acid groups (broad SMARTS) is 2. The fraction of sp³-hybridized carbons (Fsp3) is 0.917. The highest BCUT2D eigenvalue weighted by molar-refractivity contribution is 5.69. The van der Waals surface area contributed by atoms with Gasteiger partial charge in [-0.3, -0.25) is 19.4 Å². The van der Waals surface area contributed by atoms with Gasteiger partial charge in [0.1, 0.15) is 0 Å². The number of nitrogens with zero attached hydrogens (tertiary/aromatic N) is 2. The van der Waals surface area contributed by atoms with Crippen molar-refractivity contribution in [3.05, 3.63) is 0 Å². The Morgan fingerprint density at radius 3 is 1.44 bits per heavy atom. The highest BCUT2D eigenvalue weighted by Crippen LogP contribution is 2.28. The molecule has 0 aromatic carbocycles. The van der Waals surface area contributed by atoms with Gasteiger partial charge in [-0.15, -0.1) is 0 Å². The van der Waals surface area contributed by atoms with Crippen LogP contribution in [0.4, 0.5) is 0 Å². The second-order valence-electron chi connectivity index (χ2n) is 10.2. The van der Waals surface area contributed by atoms with Crippen molar-refractivity contribution in [1.29, 1.82) is 0 Å². The number of carboxylic acids is 2. The lowest BCUT2D eigenvalue weighted by atomic mass is 9.86. The van der Waals surface area contributed by atoms with Crippen LogP contribution >= 0.6 is 0 Å². The molecule has 1 heterocycles. The summed E-state index contributed by atoms with van der Waals surface area (Å²) in [6.07, 6.45) is 10.7. The Morgan fingerprint density at radius 2 is 1.06 bits per heavy atom. The van der Waals surface area contributed by atoms with Crippen molar-refractivity contribution in [1.82, 2.24) is 20.4 Å². The van der Waals surface area contributed by atoms with Crippen LogP contribution in [0.5, 0.6) is 0 Å². The van der Waals surface area contributed by atoms with Crippen LogP contribution in [0.15, 0.2) is 0 Å². The van der Waals surface area contributed by atoms with Crippen LogP contribution in [0.1, 0.15) is 78.1 Å². The summed E-state index contributed by atoms with van der Waals surface area (Å²) in [7, 11) is 0. The first-order valence-electron chi connectivity index (χ1n) is 12.8. The second kappa shape index (κ2) is 12.3.